The summed E-state index contributed by atoms with van der Waals surface area (Å²) in [7, 11) is 0. The highest BCUT2D eigenvalue weighted by atomic mass is 16.4. The Morgan fingerprint density at radius 1 is 1.83 bits per heavy atom. The fraction of sp³-hybridized carbons (Fsp3) is 0.250. The minimum atomic E-state index is 1.60. The second-order valence-corrected chi connectivity index (χ2v) is 0.645. The molecule has 0 radical (unpaired) electrons. The third-order valence-corrected chi connectivity index (χ3v) is 0.259. The summed E-state index contributed by atoms with van der Waals surface area (Å²) in [4.78, 5) is 0. The molecule has 0 atom stereocenters. The fourth-order valence-corrected chi connectivity index (χ4v) is 0.0934. The van der Waals surface area contributed by atoms with Crippen LogP contribution < -0.4 is 0 Å². The molecule has 0 amide bonds. The van der Waals surface area contributed by atoms with Crippen molar-refractivity contribution in [1.82, 2.24) is 0 Å². The molecule has 0 bridgehead atoms. The number of allylic oxidation sites excluding steroid dienone is 1. The summed E-state index contributed by atoms with van der Waals surface area (Å²) in [5, 5.41) is 10.2. The predicted octanol–water partition coefficient (Wildman–Crippen LogP) is 0.776. The molecule has 0 aliphatic rings. The molecule has 0 heterocycles. The van der Waals surface area contributed by atoms with Crippen LogP contribution in [0.2, 0.25) is 0 Å². The van der Waals surface area contributed by atoms with E-state index in [0.717, 1.165) is 0 Å². The molecular formula is C4H5NO. The van der Waals surface area contributed by atoms with E-state index in [1.807, 2.05) is 0 Å². The first-order chi connectivity index (χ1) is 2.91. The third-order valence-electron chi connectivity index (χ3n) is 0.259. The Morgan fingerprint density at radius 2 is 2.50 bits per heavy atom. The Hall–Kier alpha value is -0.970. The number of hydrogen-bond acceptors (Lipinski definition) is 2. The lowest BCUT2D eigenvalue weighted by atomic mass is 10.7. The molecule has 2 heteroatoms. The maximum absolute atomic E-state index is 7.63. The van der Waals surface area contributed by atoms with E-state index in [-0.39, 0.29) is 0 Å². The zero-order chi connectivity index (χ0) is 4.83. The van der Waals surface area contributed by atoms with Gasteiger partial charge < -0.3 is 5.21 Å². The van der Waals surface area contributed by atoms with Gasteiger partial charge in [-0.25, -0.2) is 0 Å². The molecule has 0 saturated heterocycles. The number of nitrogens with zero attached hydrogens (tertiary/aromatic N) is 1. The zero-order valence-corrected chi connectivity index (χ0v) is 3.47. The smallest absolute Gasteiger partial charge is 0.0798 e. The summed E-state index contributed by atoms with van der Waals surface area (Å²) in [6.45, 7) is 1.76. The summed E-state index contributed by atoms with van der Waals surface area (Å²) in [5.74, 6) is 2.07. The highest BCUT2D eigenvalue weighted by molar-refractivity contribution is 5.48. The van der Waals surface area contributed by atoms with Gasteiger partial charge in [-0.15, -0.1) is 0 Å². The first-order valence-electron chi connectivity index (χ1n) is 1.54. The van der Waals surface area contributed by atoms with E-state index >= 15 is 0 Å². The van der Waals surface area contributed by atoms with Gasteiger partial charge in [-0.3, -0.25) is 0 Å². The molecule has 0 saturated carbocycles. The summed E-state index contributed by atoms with van der Waals surface area (Å²) in [5.41, 5.74) is 2.41. The highest BCUT2D eigenvalue weighted by Crippen LogP contribution is 1.48. The summed E-state index contributed by atoms with van der Waals surface area (Å²) in [6, 6.07) is 0. The van der Waals surface area contributed by atoms with Crippen molar-refractivity contribution >= 4 is 5.87 Å². The molecule has 32 valence electrons. The van der Waals surface area contributed by atoms with Gasteiger partial charge in [0.25, 0.3) is 0 Å². The van der Waals surface area contributed by atoms with Crippen molar-refractivity contribution in [2.24, 2.45) is 5.16 Å². The van der Waals surface area contributed by atoms with Gasteiger partial charge >= 0.3 is 0 Å². The van der Waals surface area contributed by atoms with Gasteiger partial charge in [0.15, 0.2) is 0 Å². The lowest BCUT2D eigenvalue weighted by Crippen LogP contribution is -1.43. The average molecular weight is 83.1 g/mol. The van der Waals surface area contributed by atoms with Crippen LogP contribution in [0.1, 0.15) is 6.92 Å². The van der Waals surface area contributed by atoms with E-state index in [4.69, 9.17) is 5.21 Å². The Balaban J connectivity index is 3.79. The molecule has 6 heavy (non-hydrogen) atoms. The SMILES string of the molecule is CC=C=C=NO. The standard InChI is InChI=1S/C4H5NO/c1-2-3-4-5-6/h2,6H,1H3. The maximum Gasteiger partial charge on any atom is 0.0798 e. The summed E-state index contributed by atoms with van der Waals surface area (Å²) < 4.78 is 0. The molecule has 0 unspecified atom stereocenters. The van der Waals surface area contributed by atoms with Crippen LogP contribution in [0.15, 0.2) is 17.0 Å². The van der Waals surface area contributed by atoms with Gasteiger partial charge in [-0.05, 0) is 18.2 Å². The molecular weight excluding hydrogens is 78.0 g/mol. The summed E-state index contributed by atoms with van der Waals surface area (Å²) in [6.07, 6.45) is 1.60. The van der Waals surface area contributed by atoms with Crippen molar-refractivity contribution in [2.45, 2.75) is 6.92 Å². The van der Waals surface area contributed by atoms with Crippen molar-refractivity contribution in [1.29, 1.82) is 0 Å². The normalized spacial score (nSPS) is 4.83. The monoisotopic (exact) mass is 83.0 g/mol. The van der Waals surface area contributed by atoms with Crippen LogP contribution in [0.5, 0.6) is 0 Å². The molecule has 0 rings (SSSR count). The van der Waals surface area contributed by atoms with Crippen molar-refractivity contribution in [3.05, 3.63) is 11.8 Å². The van der Waals surface area contributed by atoms with E-state index in [1.54, 1.807) is 13.0 Å². The average Bonchev–Trinajstić information content (AvgIpc) is 1.61. The maximum atomic E-state index is 7.63. The molecule has 0 aliphatic heterocycles. The molecule has 2 nitrogen and oxygen atoms in total. The Morgan fingerprint density at radius 3 is 2.67 bits per heavy atom. The van der Waals surface area contributed by atoms with E-state index in [0.29, 0.717) is 0 Å². The highest BCUT2D eigenvalue weighted by Gasteiger charge is 1.38. The van der Waals surface area contributed by atoms with Crippen molar-refractivity contribution in [2.75, 3.05) is 0 Å². The molecule has 0 fully saturated rings. The molecule has 0 spiro atoms. The minimum Gasteiger partial charge on any atom is -0.403 e. The predicted molar refractivity (Wildman–Crippen MR) is 23.0 cm³/mol. The molecule has 1 N–H and O–H groups in total. The van der Waals surface area contributed by atoms with Gasteiger partial charge in [-0.2, -0.15) is 0 Å². The van der Waals surface area contributed by atoms with Gasteiger partial charge in [0.1, 0.15) is 0 Å². The molecule has 0 aromatic rings. The van der Waals surface area contributed by atoms with Gasteiger partial charge in [0, 0.05) is 0 Å². The largest absolute Gasteiger partial charge is 0.403 e. The minimum absolute atomic E-state index is 1.60. The van der Waals surface area contributed by atoms with E-state index in [9.17, 15) is 0 Å². The second-order valence-electron chi connectivity index (χ2n) is 0.645. The molecule has 0 aromatic heterocycles. The van der Waals surface area contributed by atoms with Crippen LogP contribution in [0.25, 0.3) is 0 Å². The van der Waals surface area contributed by atoms with Crippen molar-refractivity contribution in [3.63, 3.8) is 0 Å². The van der Waals surface area contributed by atoms with Crippen molar-refractivity contribution in [3.8, 4) is 0 Å². The number of hydrogen-bond donors (Lipinski definition) is 1. The quantitative estimate of drug-likeness (QED) is 0.199. The Labute approximate surface area is 36.1 Å². The lowest BCUT2D eigenvalue weighted by Gasteiger charge is -1.49. The molecule has 0 aromatic carbocycles. The zero-order valence-electron chi connectivity index (χ0n) is 3.47. The van der Waals surface area contributed by atoms with Gasteiger partial charge in [0.2, 0.25) is 0 Å². The molecule has 0 aliphatic carbocycles. The summed E-state index contributed by atoms with van der Waals surface area (Å²) >= 11 is 0. The van der Waals surface area contributed by atoms with Crippen LogP contribution in [0.4, 0.5) is 0 Å². The van der Waals surface area contributed by atoms with Crippen LogP contribution >= 0.6 is 0 Å². The third kappa shape index (κ3) is 3.03. The van der Waals surface area contributed by atoms with Crippen LogP contribution in [0, 0.1) is 0 Å². The van der Waals surface area contributed by atoms with E-state index in [1.165, 1.54) is 0 Å². The van der Waals surface area contributed by atoms with Crippen LogP contribution in [-0.4, -0.2) is 11.1 Å². The lowest BCUT2D eigenvalue weighted by molar-refractivity contribution is 0.323. The van der Waals surface area contributed by atoms with E-state index < -0.39 is 0 Å². The van der Waals surface area contributed by atoms with Gasteiger partial charge in [0.05, 0.1) is 5.87 Å². The van der Waals surface area contributed by atoms with Gasteiger partial charge in [-0.1, -0.05) is 5.73 Å². The van der Waals surface area contributed by atoms with E-state index in [2.05, 4.69) is 16.8 Å². The Bertz CT molecular complexity index is 90.7. The Kier molecular flexibility index (Phi) is 3.38. The topological polar surface area (TPSA) is 32.6 Å². The fourth-order valence-electron chi connectivity index (χ4n) is 0.0934. The second kappa shape index (κ2) is 4.03. The number of rotatable bonds is 0. The van der Waals surface area contributed by atoms with Crippen LogP contribution in [0.3, 0.4) is 0 Å². The first kappa shape index (κ1) is 5.03. The first-order valence-corrected chi connectivity index (χ1v) is 1.54. The van der Waals surface area contributed by atoms with Crippen LogP contribution in [-0.2, 0) is 0 Å². The van der Waals surface area contributed by atoms with Crippen molar-refractivity contribution < 1.29 is 5.21 Å².